The second-order valence-electron chi connectivity index (χ2n) is 7.20. The molecule has 3 aromatic rings. The second kappa shape index (κ2) is 7.62. The third kappa shape index (κ3) is 3.99. The van der Waals surface area contributed by atoms with Crippen LogP contribution >= 0.6 is 11.3 Å². The summed E-state index contributed by atoms with van der Waals surface area (Å²) in [4.78, 5) is 4.43. The maximum atomic E-state index is 13.8. The average Bonchev–Trinajstić information content (AvgIpc) is 3.04. The molecule has 2 heterocycles. The molecule has 1 aliphatic rings. The fourth-order valence-electron chi connectivity index (χ4n) is 3.55. The first-order chi connectivity index (χ1) is 13.7. The lowest BCUT2D eigenvalue weighted by Crippen LogP contribution is -2.41. The molecule has 1 aliphatic heterocycles. The van der Waals surface area contributed by atoms with E-state index < -0.39 is 21.7 Å². The molecule has 0 unspecified atom stereocenters. The Morgan fingerprint density at radius 1 is 1.14 bits per heavy atom. The summed E-state index contributed by atoms with van der Waals surface area (Å²) in [6, 6.07) is 7.32. The lowest BCUT2D eigenvalue weighted by Gasteiger charge is -2.31. The number of ether oxygens (including phenoxy) is 1. The SMILES string of the molecule is Cc1ccc(S(=O)(=O)N2CCC(Oc3nc4c(F)cc(F)cc4s3)CC2)c(C)c1. The summed E-state index contributed by atoms with van der Waals surface area (Å²) in [5.74, 6) is -1.38. The summed E-state index contributed by atoms with van der Waals surface area (Å²) in [5.41, 5.74) is 1.83. The van der Waals surface area contributed by atoms with E-state index in [1.54, 1.807) is 19.1 Å². The van der Waals surface area contributed by atoms with Gasteiger partial charge in [-0.25, -0.2) is 17.2 Å². The Kier molecular flexibility index (Phi) is 5.30. The minimum absolute atomic E-state index is 0.0845. The van der Waals surface area contributed by atoms with E-state index in [1.807, 2.05) is 13.0 Å². The van der Waals surface area contributed by atoms with Crippen LogP contribution in [0, 0.1) is 25.5 Å². The van der Waals surface area contributed by atoms with E-state index in [2.05, 4.69) is 4.98 Å². The summed E-state index contributed by atoms with van der Waals surface area (Å²) in [6.07, 6.45) is 0.766. The quantitative estimate of drug-likeness (QED) is 0.605. The Morgan fingerprint density at radius 2 is 1.86 bits per heavy atom. The number of thiazole rings is 1. The molecule has 5 nitrogen and oxygen atoms in total. The maximum absolute atomic E-state index is 13.8. The van der Waals surface area contributed by atoms with Crippen molar-refractivity contribution in [2.75, 3.05) is 13.1 Å². The highest BCUT2D eigenvalue weighted by molar-refractivity contribution is 7.89. The number of benzene rings is 2. The molecule has 1 fully saturated rings. The summed E-state index contributed by atoms with van der Waals surface area (Å²) >= 11 is 1.08. The normalized spacial score (nSPS) is 16.4. The van der Waals surface area contributed by atoms with Crippen molar-refractivity contribution in [1.29, 1.82) is 0 Å². The first-order valence-electron chi connectivity index (χ1n) is 9.23. The molecule has 0 bridgehead atoms. The fourth-order valence-corrected chi connectivity index (χ4v) is 6.14. The van der Waals surface area contributed by atoms with Gasteiger partial charge in [-0.15, -0.1) is 0 Å². The van der Waals surface area contributed by atoms with Crippen molar-refractivity contribution in [3.8, 4) is 5.19 Å². The van der Waals surface area contributed by atoms with Gasteiger partial charge in [0.2, 0.25) is 10.0 Å². The number of sulfonamides is 1. The lowest BCUT2D eigenvalue weighted by atomic mass is 10.1. The van der Waals surface area contributed by atoms with E-state index in [-0.39, 0.29) is 16.8 Å². The molecule has 0 saturated carbocycles. The van der Waals surface area contributed by atoms with Gasteiger partial charge in [0.15, 0.2) is 5.82 Å². The number of fused-ring (bicyclic) bond motifs is 1. The molecule has 9 heteroatoms. The van der Waals surface area contributed by atoms with Crippen molar-refractivity contribution >= 4 is 31.6 Å². The third-order valence-corrected chi connectivity index (χ3v) is 7.96. The second-order valence-corrected chi connectivity index (χ2v) is 10.1. The van der Waals surface area contributed by atoms with E-state index in [9.17, 15) is 17.2 Å². The van der Waals surface area contributed by atoms with Crippen LogP contribution in [0.25, 0.3) is 10.2 Å². The van der Waals surface area contributed by atoms with E-state index >= 15 is 0 Å². The topological polar surface area (TPSA) is 59.5 Å². The molecule has 0 radical (unpaired) electrons. The van der Waals surface area contributed by atoms with Gasteiger partial charge in [0, 0.05) is 19.2 Å². The maximum Gasteiger partial charge on any atom is 0.274 e. The van der Waals surface area contributed by atoms with Gasteiger partial charge in [-0.05, 0) is 44.4 Å². The number of rotatable bonds is 4. The Bertz CT molecular complexity index is 1170. The monoisotopic (exact) mass is 438 g/mol. The molecule has 0 spiro atoms. The molecule has 154 valence electrons. The van der Waals surface area contributed by atoms with Crippen LogP contribution in [-0.4, -0.2) is 36.9 Å². The van der Waals surface area contributed by atoms with E-state index in [4.69, 9.17) is 4.74 Å². The molecule has 1 saturated heterocycles. The van der Waals surface area contributed by atoms with Crippen molar-refractivity contribution in [1.82, 2.24) is 9.29 Å². The zero-order valence-corrected chi connectivity index (χ0v) is 17.6. The minimum Gasteiger partial charge on any atom is -0.467 e. The van der Waals surface area contributed by atoms with Gasteiger partial charge in [-0.2, -0.15) is 9.29 Å². The number of hydrogen-bond donors (Lipinski definition) is 0. The predicted molar refractivity (Wildman–Crippen MR) is 108 cm³/mol. The number of nitrogens with zero attached hydrogens (tertiary/aromatic N) is 2. The minimum atomic E-state index is -3.56. The van der Waals surface area contributed by atoms with Crippen molar-refractivity contribution < 1.29 is 21.9 Å². The Hall–Kier alpha value is -2.10. The van der Waals surface area contributed by atoms with Crippen LogP contribution in [0.2, 0.25) is 0 Å². The van der Waals surface area contributed by atoms with Crippen LogP contribution in [0.5, 0.6) is 5.19 Å². The van der Waals surface area contributed by atoms with E-state index in [0.717, 1.165) is 28.5 Å². The lowest BCUT2D eigenvalue weighted by molar-refractivity contribution is 0.135. The van der Waals surface area contributed by atoms with Gasteiger partial charge in [0.1, 0.15) is 17.4 Å². The fraction of sp³-hybridized carbons (Fsp3) is 0.350. The van der Waals surface area contributed by atoms with Crippen LogP contribution in [0.1, 0.15) is 24.0 Å². The van der Waals surface area contributed by atoms with Crippen LogP contribution in [-0.2, 0) is 10.0 Å². The summed E-state index contributed by atoms with van der Waals surface area (Å²) < 4.78 is 60.8. The van der Waals surface area contributed by atoms with Crippen LogP contribution in [0.4, 0.5) is 8.78 Å². The number of aromatic nitrogens is 1. The van der Waals surface area contributed by atoms with E-state index in [0.29, 0.717) is 35.5 Å². The highest BCUT2D eigenvalue weighted by Gasteiger charge is 2.31. The number of aryl methyl sites for hydroxylation is 2. The van der Waals surface area contributed by atoms with Gasteiger partial charge < -0.3 is 4.74 Å². The van der Waals surface area contributed by atoms with Crippen molar-refractivity contribution in [3.63, 3.8) is 0 Å². The standard InChI is InChI=1S/C20H20F2N2O3S2/c1-12-3-4-18(13(2)9-12)29(25,26)24-7-5-15(6-8-24)27-20-23-19-16(22)10-14(21)11-17(19)28-20/h3-4,9-11,15H,5-8H2,1-2H3. The Labute approximate surface area is 172 Å². The van der Waals surface area contributed by atoms with Crippen LogP contribution in [0.15, 0.2) is 35.2 Å². The van der Waals surface area contributed by atoms with Crippen molar-refractivity contribution in [2.45, 2.75) is 37.7 Å². The molecule has 4 rings (SSSR count). The summed E-state index contributed by atoms with van der Waals surface area (Å²) in [5, 5.41) is 0.264. The van der Waals surface area contributed by atoms with Gasteiger partial charge in [-0.3, -0.25) is 0 Å². The average molecular weight is 439 g/mol. The molecular weight excluding hydrogens is 418 g/mol. The summed E-state index contributed by atoms with van der Waals surface area (Å²) in [7, 11) is -3.56. The Balaban J connectivity index is 1.45. The number of piperidine rings is 1. The van der Waals surface area contributed by atoms with Gasteiger partial charge in [0.25, 0.3) is 5.19 Å². The molecule has 0 N–H and O–H groups in total. The summed E-state index contributed by atoms with van der Waals surface area (Å²) in [6.45, 7) is 4.38. The molecule has 0 amide bonds. The van der Waals surface area contributed by atoms with Gasteiger partial charge in [0.05, 0.1) is 9.60 Å². The number of halogens is 2. The van der Waals surface area contributed by atoms with Gasteiger partial charge >= 0.3 is 0 Å². The zero-order valence-electron chi connectivity index (χ0n) is 16.0. The highest BCUT2D eigenvalue weighted by atomic mass is 32.2. The first-order valence-corrected chi connectivity index (χ1v) is 11.5. The smallest absolute Gasteiger partial charge is 0.274 e. The molecule has 1 aromatic heterocycles. The Morgan fingerprint density at radius 3 is 2.55 bits per heavy atom. The molecule has 29 heavy (non-hydrogen) atoms. The molecule has 0 atom stereocenters. The van der Waals surface area contributed by atoms with Crippen molar-refractivity contribution in [3.05, 3.63) is 53.1 Å². The van der Waals surface area contributed by atoms with E-state index in [1.165, 1.54) is 10.4 Å². The van der Waals surface area contributed by atoms with Gasteiger partial charge in [-0.1, -0.05) is 29.0 Å². The highest BCUT2D eigenvalue weighted by Crippen LogP contribution is 2.32. The molecule has 0 aliphatic carbocycles. The third-order valence-electron chi connectivity index (χ3n) is 5.01. The van der Waals surface area contributed by atoms with Crippen LogP contribution in [0.3, 0.4) is 0 Å². The number of hydrogen-bond acceptors (Lipinski definition) is 5. The van der Waals surface area contributed by atoms with Crippen LogP contribution < -0.4 is 4.74 Å². The molecule has 2 aromatic carbocycles. The van der Waals surface area contributed by atoms with Crippen molar-refractivity contribution in [2.24, 2.45) is 0 Å². The molecular formula is C20H20F2N2O3S2. The first kappa shape index (κ1) is 20.2. The predicted octanol–water partition coefficient (Wildman–Crippen LogP) is 4.42. The largest absolute Gasteiger partial charge is 0.467 e. The zero-order chi connectivity index (χ0) is 20.8.